The van der Waals surface area contributed by atoms with Gasteiger partial charge in [-0.15, -0.1) is 13.2 Å². The van der Waals surface area contributed by atoms with Crippen LogP contribution < -0.4 is 0 Å². The van der Waals surface area contributed by atoms with E-state index in [-0.39, 0.29) is 22.8 Å². The molecule has 5 nitrogen and oxygen atoms in total. The number of Topliss-reactive ketones (excluding diaryl/α,β-unsaturated/α-hetero) is 1. The Morgan fingerprint density at radius 2 is 1.44 bits per heavy atom. The van der Waals surface area contributed by atoms with Gasteiger partial charge in [-0.05, 0) is 6.07 Å². The Labute approximate surface area is 146 Å². The predicted molar refractivity (Wildman–Crippen MR) is 97.6 cm³/mol. The Bertz CT molecular complexity index is 754. The lowest BCUT2D eigenvalue weighted by Gasteiger charge is -2.01. The van der Waals surface area contributed by atoms with E-state index in [0.29, 0.717) is 18.4 Å². The highest BCUT2D eigenvalue weighted by molar-refractivity contribution is 6.11. The number of hydrogen-bond acceptors (Lipinski definition) is 4. The summed E-state index contributed by atoms with van der Waals surface area (Å²) in [6.07, 6.45) is 4.13. The van der Waals surface area contributed by atoms with Crippen LogP contribution in [0.1, 0.15) is 28.8 Å². The van der Waals surface area contributed by atoms with Gasteiger partial charge in [-0.3, -0.25) is 19.7 Å². The molecule has 0 saturated carbocycles. The van der Waals surface area contributed by atoms with E-state index in [2.05, 4.69) is 13.2 Å². The van der Waals surface area contributed by atoms with Crippen molar-refractivity contribution in [1.29, 1.82) is 0 Å². The third-order valence-electron chi connectivity index (χ3n) is 3.13. The first-order chi connectivity index (χ1) is 12.0. The summed E-state index contributed by atoms with van der Waals surface area (Å²) in [5.41, 5.74) is 0.395. The van der Waals surface area contributed by atoms with E-state index in [1.807, 2.05) is 0 Å². The Hall–Kier alpha value is -3.34. The summed E-state index contributed by atoms with van der Waals surface area (Å²) in [6.45, 7) is 6.86. The Morgan fingerprint density at radius 3 is 1.96 bits per heavy atom. The summed E-state index contributed by atoms with van der Waals surface area (Å²) in [5, 5.41) is 10.8. The molecule has 5 heteroatoms. The number of rotatable bonds is 7. The van der Waals surface area contributed by atoms with Crippen molar-refractivity contribution < 1.29 is 14.5 Å². The molecule has 0 bridgehead atoms. The van der Waals surface area contributed by atoms with Gasteiger partial charge in [-0.2, -0.15) is 0 Å². The summed E-state index contributed by atoms with van der Waals surface area (Å²) in [6, 6.07) is 14.5. The molecule has 0 aromatic heterocycles. The quantitative estimate of drug-likeness (QED) is 0.322. The highest BCUT2D eigenvalue weighted by Crippen LogP contribution is 2.20. The lowest BCUT2D eigenvalue weighted by atomic mass is 10.0. The normalized spacial score (nSPS) is 9.28. The molecule has 0 fully saturated rings. The summed E-state index contributed by atoms with van der Waals surface area (Å²) in [4.78, 5) is 32.8. The topological polar surface area (TPSA) is 77.3 Å². The van der Waals surface area contributed by atoms with Crippen LogP contribution in [0.4, 0.5) is 5.69 Å². The van der Waals surface area contributed by atoms with Crippen molar-refractivity contribution in [2.45, 2.75) is 12.8 Å². The average Bonchev–Trinajstić information content (AvgIpc) is 2.63. The molecule has 128 valence electrons. The van der Waals surface area contributed by atoms with E-state index in [0.717, 1.165) is 0 Å². The van der Waals surface area contributed by atoms with Gasteiger partial charge in [0.2, 0.25) is 0 Å². The highest BCUT2D eigenvalue weighted by Gasteiger charge is 2.19. The minimum Gasteiger partial charge on any atom is -0.299 e. The average molecular weight is 337 g/mol. The number of hydrogen-bond donors (Lipinski definition) is 0. The molecule has 0 radical (unpaired) electrons. The molecule has 0 N–H and O–H groups in total. The number of nitrogens with zero attached hydrogens (tertiary/aromatic N) is 1. The first kappa shape index (κ1) is 19.7. The van der Waals surface area contributed by atoms with Crippen LogP contribution in [0, 0.1) is 10.1 Å². The third-order valence-corrected chi connectivity index (χ3v) is 3.13. The number of carbonyl (C=O) groups is 2. The molecule has 0 atom stereocenters. The summed E-state index contributed by atoms with van der Waals surface area (Å²) in [7, 11) is 0. The van der Waals surface area contributed by atoms with Gasteiger partial charge in [0, 0.05) is 24.5 Å². The fourth-order valence-electron chi connectivity index (χ4n) is 1.98. The number of para-hydroxylation sites is 1. The van der Waals surface area contributed by atoms with Crippen LogP contribution in [0.5, 0.6) is 0 Å². The second-order valence-corrected chi connectivity index (χ2v) is 4.99. The molecule has 0 amide bonds. The number of ketones is 2. The van der Waals surface area contributed by atoms with Crippen LogP contribution in [-0.4, -0.2) is 16.5 Å². The summed E-state index contributed by atoms with van der Waals surface area (Å²) >= 11 is 0. The zero-order valence-corrected chi connectivity index (χ0v) is 13.8. The molecule has 0 saturated heterocycles. The summed E-state index contributed by atoms with van der Waals surface area (Å²) in [5.74, 6) is -0.159. The zero-order chi connectivity index (χ0) is 18.7. The first-order valence-corrected chi connectivity index (χ1v) is 7.58. The molecule has 0 aliphatic rings. The van der Waals surface area contributed by atoms with E-state index in [1.54, 1.807) is 54.6 Å². The fraction of sp³-hybridized carbons (Fsp3) is 0.100. The Balaban J connectivity index is 0.000000333. The molecule has 0 spiro atoms. The molecule has 0 unspecified atom stereocenters. The van der Waals surface area contributed by atoms with E-state index in [4.69, 9.17) is 0 Å². The van der Waals surface area contributed by atoms with E-state index in [9.17, 15) is 19.7 Å². The van der Waals surface area contributed by atoms with Crippen molar-refractivity contribution >= 4 is 17.3 Å². The number of benzene rings is 2. The van der Waals surface area contributed by atoms with Gasteiger partial charge in [-0.25, -0.2) is 0 Å². The second-order valence-electron chi connectivity index (χ2n) is 4.99. The van der Waals surface area contributed by atoms with Gasteiger partial charge in [0.25, 0.3) is 5.69 Å². The van der Waals surface area contributed by atoms with E-state index >= 15 is 0 Å². The standard InChI is InChI=1S/C13H9NO3.C7H10O/c15-13(10-6-2-1-3-7-10)11-8-4-5-9-12(11)14(16)17;1-3-5-7(8)6-4-2/h1-9H;3-4H,1-2,5-6H2. The smallest absolute Gasteiger partial charge is 0.280 e. The zero-order valence-electron chi connectivity index (χ0n) is 13.8. The van der Waals surface area contributed by atoms with Crippen molar-refractivity contribution in [3.05, 3.63) is 101 Å². The van der Waals surface area contributed by atoms with Crippen LogP contribution in [0.25, 0.3) is 0 Å². The van der Waals surface area contributed by atoms with Crippen molar-refractivity contribution in [1.82, 2.24) is 0 Å². The SMILES string of the molecule is C=CCC(=O)CC=C.O=C(c1ccccc1)c1ccccc1[N+](=O)[O-]. The van der Waals surface area contributed by atoms with Crippen LogP contribution in [-0.2, 0) is 4.79 Å². The van der Waals surface area contributed by atoms with E-state index in [1.165, 1.54) is 12.1 Å². The van der Waals surface area contributed by atoms with Crippen molar-refractivity contribution in [3.8, 4) is 0 Å². The minimum atomic E-state index is -0.545. The van der Waals surface area contributed by atoms with Gasteiger partial charge in [-0.1, -0.05) is 54.6 Å². The fourth-order valence-corrected chi connectivity index (χ4v) is 1.98. The molecule has 2 aromatic carbocycles. The predicted octanol–water partition coefficient (Wildman–Crippen LogP) is 4.53. The van der Waals surface area contributed by atoms with Crippen molar-refractivity contribution in [2.75, 3.05) is 0 Å². The Morgan fingerprint density at radius 1 is 0.920 bits per heavy atom. The van der Waals surface area contributed by atoms with Gasteiger partial charge >= 0.3 is 0 Å². The monoisotopic (exact) mass is 337 g/mol. The van der Waals surface area contributed by atoms with Crippen LogP contribution in [0.2, 0.25) is 0 Å². The molecule has 0 heterocycles. The van der Waals surface area contributed by atoms with Crippen molar-refractivity contribution in [2.24, 2.45) is 0 Å². The number of nitro groups is 1. The summed E-state index contributed by atoms with van der Waals surface area (Å²) < 4.78 is 0. The minimum absolute atomic E-state index is 0.115. The van der Waals surface area contributed by atoms with E-state index < -0.39 is 4.92 Å². The van der Waals surface area contributed by atoms with Gasteiger partial charge in [0.15, 0.2) is 5.78 Å². The molecule has 2 rings (SSSR count). The Kier molecular flexibility index (Phi) is 8.23. The maximum Gasteiger partial charge on any atom is 0.280 e. The van der Waals surface area contributed by atoms with Crippen LogP contribution in [0.3, 0.4) is 0 Å². The first-order valence-electron chi connectivity index (χ1n) is 7.58. The number of allylic oxidation sites excluding steroid dienone is 2. The van der Waals surface area contributed by atoms with Gasteiger partial charge < -0.3 is 0 Å². The molecule has 25 heavy (non-hydrogen) atoms. The van der Waals surface area contributed by atoms with Gasteiger partial charge in [0.1, 0.15) is 11.3 Å². The lowest BCUT2D eigenvalue weighted by molar-refractivity contribution is -0.385. The number of carbonyl (C=O) groups excluding carboxylic acids is 2. The molecular weight excluding hydrogens is 318 g/mol. The second kappa shape index (κ2) is 10.4. The van der Waals surface area contributed by atoms with Gasteiger partial charge in [0.05, 0.1) is 4.92 Å². The van der Waals surface area contributed by atoms with Crippen LogP contribution >= 0.6 is 0 Å². The lowest BCUT2D eigenvalue weighted by Crippen LogP contribution is -2.04. The number of nitro benzene ring substituents is 1. The molecule has 0 aliphatic carbocycles. The molecule has 2 aromatic rings. The van der Waals surface area contributed by atoms with Crippen LogP contribution in [0.15, 0.2) is 79.9 Å². The maximum atomic E-state index is 12.1. The largest absolute Gasteiger partial charge is 0.299 e. The third kappa shape index (κ3) is 6.35. The maximum absolute atomic E-state index is 12.1. The molecular formula is C20H19NO4. The molecule has 0 aliphatic heterocycles. The highest BCUT2D eigenvalue weighted by atomic mass is 16.6. The van der Waals surface area contributed by atoms with Crippen molar-refractivity contribution in [3.63, 3.8) is 0 Å².